The second kappa shape index (κ2) is 6.08. The number of hydrogen-bond acceptors (Lipinski definition) is 6. The normalized spacial score (nSPS) is 15.8. The Hall–Kier alpha value is -2.43. The molecule has 0 N–H and O–H groups in total. The molecule has 3 amide bonds. The summed E-state index contributed by atoms with van der Waals surface area (Å²) >= 11 is 1.01. The lowest BCUT2D eigenvalue weighted by atomic mass is 10.2. The Labute approximate surface area is 150 Å². The number of anilines is 1. The molecule has 11 heteroatoms. The number of alkyl halides is 3. The van der Waals surface area contributed by atoms with Crippen molar-refractivity contribution < 1.29 is 27.5 Å². The van der Waals surface area contributed by atoms with E-state index in [0.29, 0.717) is 0 Å². The van der Waals surface area contributed by atoms with Crippen molar-refractivity contribution in [1.82, 2.24) is 14.9 Å². The van der Waals surface area contributed by atoms with Gasteiger partial charge in [-0.2, -0.15) is 13.2 Å². The van der Waals surface area contributed by atoms with Crippen LogP contribution in [0.3, 0.4) is 0 Å². The molecule has 0 radical (unpaired) electrons. The highest BCUT2D eigenvalue weighted by Gasteiger charge is 2.41. The number of carbonyl (C=O) groups is 2. The number of hydrogen-bond donors (Lipinski definition) is 0. The molecule has 3 rings (SSSR count). The van der Waals surface area contributed by atoms with Gasteiger partial charge in [0.1, 0.15) is 10.4 Å². The molecule has 0 unspecified atom stereocenters. The average Bonchev–Trinajstić information content (AvgIpc) is 3.09. The van der Waals surface area contributed by atoms with E-state index < -0.39 is 29.6 Å². The van der Waals surface area contributed by atoms with E-state index in [1.165, 1.54) is 11.4 Å². The monoisotopic (exact) mass is 388 g/mol. The maximum atomic E-state index is 13.3. The number of ether oxygens (including phenoxy) is 1. The number of carbonyl (C=O) groups excluding carboxylic acids is 2. The predicted octanol–water partition coefficient (Wildman–Crippen LogP) is 3.89. The van der Waals surface area contributed by atoms with Crippen LogP contribution in [-0.2, 0) is 10.9 Å². The van der Waals surface area contributed by atoms with Crippen molar-refractivity contribution in [3.05, 3.63) is 17.1 Å². The van der Waals surface area contributed by atoms with Gasteiger partial charge in [-0.15, -0.1) is 11.3 Å². The lowest BCUT2D eigenvalue weighted by molar-refractivity contribution is -0.139. The predicted molar refractivity (Wildman–Crippen MR) is 88.1 cm³/mol. The van der Waals surface area contributed by atoms with Gasteiger partial charge in [-0.05, 0) is 32.2 Å². The van der Waals surface area contributed by atoms with Crippen LogP contribution in [0.15, 0.2) is 11.4 Å². The molecule has 1 fully saturated rings. The van der Waals surface area contributed by atoms with Crippen LogP contribution in [0.2, 0.25) is 0 Å². The Morgan fingerprint density at radius 1 is 1.23 bits per heavy atom. The van der Waals surface area contributed by atoms with Crippen molar-refractivity contribution in [1.29, 1.82) is 0 Å². The van der Waals surface area contributed by atoms with Crippen molar-refractivity contribution in [3.8, 4) is 0 Å². The molecule has 26 heavy (non-hydrogen) atoms. The zero-order valence-corrected chi connectivity index (χ0v) is 14.9. The van der Waals surface area contributed by atoms with Crippen LogP contribution in [0.1, 0.15) is 26.5 Å². The molecule has 0 aromatic carbocycles. The summed E-state index contributed by atoms with van der Waals surface area (Å²) in [5.41, 5.74) is -1.91. The molecule has 2 aromatic heterocycles. The van der Waals surface area contributed by atoms with Crippen LogP contribution in [-0.4, -0.2) is 45.7 Å². The maximum Gasteiger partial charge on any atom is 0.434 e. The Bertz CT molecular complexity index is 875. The standard InChI is InChI=1S/C15H15F3N4O3S/c1-14(2,3)25-13(24)22-6-5-21(12(22)23)11-19-9(15(16,17)18)8-4-7-26-10(8)20-11/h4,7H,5-6H2,1-3H3. The lowest BCUT2D eigenvalue weighted by Crippen LogP contribution is -2.40. The van der Waals surface area contributed by atoms with Crippen LogP contribution >= 0.6 is 11.3 Å². The molecule has 0 aliphatic carbocycles. The number of aromatic nitrogens is 2. The minimum atomic E-state index is -4.69. The first-order valence-corrected chi connectivity index (χ1v) is 8.50. The number of amides is 3. The lowest BCUT2D eigenvalue weighted by Gasteiger charge is -2.23. The Morgan fingerprint density at radius 2 is 1.92 bits per heavy atom. The van der Waals surface area contributed by atoms with Crippen LogP contribution in [0.25, 0.3) is 10.2 Å². The minimum Gasteiger partial charge on any atom is -0.443 e. The number of imide groups is 1. The highest BCUT2D eigenvalue weighted by atomic mass is 32.1. The first-order valence-electron chi connectivity index (χ1n) is 7.62. The highest BCUT2D eigenvalue weighted by molar-refractivity contribution is 7.16. The second-order valence-corrected chi connectivity index (χ2v) is 7.47. The Balaban J connectivity index is 1.93. The van der Waals surface area contributed by atoms with Gasteiger partial charge in [-0.25, -0.2) is 24.5 Å². The molecule has 0 bridgehead atoms. The molecule has 1 saturated heterocycles. The van der Waals surface area contributed by atoms with Gasteiger partial charge in [0.25, 0.3) is 0 Å². The third kappa shape index (κ3) is 3.43. The number of thiophene rings is 1. The fourth-order valence-corrected chi connectivity index (χ4v) is 3.15. The summed E-state index contributed by atoms with van der Waals surface area (Å²) in [7, 11) is 0. The largest absolute Gasteiger partial charge is 0.443 e. The van der Waals surface area contributed by atoms with E-state index in [1.807, 2.05) is 0 Å². The minimum absolute atomic E-state index is 0.0216. The number of rotatable bonds is 1. The molecule has 2 aromatic rings. The fraction of sp³-hybridized carbons (Fsp3) is 0.467. The van der Waals surface area contributed by atoms with E-state index in [4.69, 9.17) is 4.74 Å². The van der Waals surface area contributed by atoms with Gasteiger partial charge in [-0.3, -0.25) is 4.90 Å². The molecular formula is C15H15F3N4O3S. The molecule has 1 aliphatic heterocycles. The number of urea groups is 1. The first-order chi connectivity index (χ1) is 12.0. The molecule has 0 spiro atoms. The van der Waals surface area contributed by atoms with Gasteiger partial charge in [-0.1, -0.05) is 0 Å². The van der Waals surface area contributed by atoms with Crippen LogP contribution in [0, 0.1) is 0 Å². The van der Waals surface area contributed by atoms with E-state index in [2.05, 4.69) is 9.97 Å². The van der Waals surface area contributed by atoms with Crippen molar-refractivity contribution in [3.63, 3.8) is 0 Å². The smallest absolute Gasteiger partial charge is 0.434 e. The van der Waals surface area contributed by atoms with Crippen molar-refractivity contribution in [2.75, 3.05) is 18.0 Å². The summed E-state index contributed by atoms with van der Waals surface area (Å²) in [6.07, 6.45) is -5.55. The quantitative estimate of drug-likeness (QED) is 0.741. The van der Waals surface area contributed by atoms with E-state index in [9.17, 15) is 22.8 Å². The Kier molecular flexibility index (Phi) is 4.29. The van der Waals surface area contributed by atoms with Crippen LogP contribution in [0.4, 0.5) is 28.7 Å². The third-order valence-corrected chi connectivity index (χ3v) is 4.25. The summed E-state index contributed by atoms with van der Waals surface area (Å²) in [4.78, 5) is 34.0. The third-order valence-electron chi connectivity index (χ3n) is 3.45. The molecule has 7 nitrogen and oxygen atoms in total. The highest BCUT2D eigenvalue weighted by Crippen LogP contribution is 2.36. The molecule has 3 heterocycles. The summed E-state index contributed by atoms with van der Waals surface area (Å²) in [6, 6.07) is 0.467. The summed E-state index contributed by atoms with van der Waals surface area (Å²) < 4.78 is 45.0. The number of fused-ring (bicyclic) bond motifs is 1. The van der Waals surface area contributed by atoms with Gasteiger partial charge in [0, 0.05) is 11.9 Å². The van der Waals surface area contributed by atoms with Gasteiger partial charge in [0.15, 0.2) is 5.69 Å². The molecule has 0 saturated carbocycles. The van der Waals surface area contributed by atoms with Gasteiger partial charge in [0.2, 0.25) is 5.95 Å². The van der Waals surface area contributed by atoms with Crippen LogP contribution < -0.4 is 4.90 Å². The van der Waals surface area contributed by atoms with E-state index in [0.717, 1.165) is 21.1 Å². The van der Waals surface area contributed by atoms with Crippen molar-refractivity contribution in [2.24, 2.45) is 0 Å². The fourth-order valence-electron chi connectivity index (χ4n) is 2.39. The second-order valence-electron chi connectivity index (χ2n) is 6.58. The van der Waals surface area contributed by atoms with E-state index >= 15 is 0 Å². The molecule has 0 atom stereocenters. The molecule has 1 aliphatic rings. The maximum absolute atomic E-state index is 13.3. The number of nitrogens with zero attached hydrogens (tertiary/aromatic N) is 4. The topological polar surface area (TPSA) is 75.6 Å². The van der Waals surface area contributed by atoms with Gasteiger partial charge < -0.3 is 4.74 Å². The van der Waals surface area contributed by atoms with E-state index in [-0.39, 0.29) is 29.3 Å². The van der Waals surface area contributed by atoms with Gasteiger partial charge >= 0.3 is 18.3 Å². The van der Waals surface area contributed by atoms with Crippen LogP contribution in [0.5, 0.6) is 0 Å². The molecular weight excluding hydrogens is 373 g/mol. The van der Waals surface area contributed by atoms with Gasteiger partial charge in [0.05, 0.1) is 6.54 Å². The Morgan fingerprint density at radius 3 is 2.54 bits per heavy atom. The summed E-state index contributed by atoms with van der Waals surface area (Å²) in [5, 5.41) is 1.35. The van der Waals surface area contributed by atoms with Crippen molar-refractivity contribution in [2.45, 2.75) is 32.5 Å². The SMILES string of the molecule is CC(C)(C)OC(=O)N1CCN(c2nc(C(F)(F)F)c3ccsc3n2)C1=O. The average molecular weight is 388 g/mol. The van der Waals surface area contributed by atoms with Crippen molar-refractivity contribution >= 4 is 39.6 Å². The summed E-state index contributed by atoms with van der Waals surface area (Å²) in [6.45, 7) is 4.89. The van der Waals surface area contributed by atoms with E-state index in [1.54, 1.807) is 20.8 Å². The first kappa shape index (κ1) is 18.4. The number of halogens is 3. The zero-order valence-electron chi connectivity index (χ0n) is 14.1. The summed E-state index contributed by atoms with van der Waals surface area (Å²) in [5.74, 6) is -0.386. The molecule has 140 valence electrons. The zero-order chi connectivity index (χ0) is 19.3.